The Morgan fingerprint density at radius 2 is 2.09 bits per heavy atom. The first-order chi connectivity index (χ1) is 11.0. The van der Waals surface area contributed by atoms with Gasteiger partial charge in [0.25, 0.3) is 5.56 Å². The number of nitrogens with one attached hydrogen (secondary N) is 1. The van der Waals surface area contributed by atoms with E-state index in [4.69, 9.17) is 4.74 Å². The largest absolute Gasteiger partial charge is 0.383 e. The number of methoxy groups -OCH3 is 1. The second-order valence-corrected chi connectivity index (χ2v) is 5.81. The summed E-state index contributed by atoms with van der Waals surface area (Å²) in [6.45, 7) is 2.18. The first-order valence-electron chi connectivity index (χ1n) is 7.74. The van der Waals surface area contributed by atoms with Gasteiger partial charge in [0.05, 0.1) is 12.5 Å². The molecule has 1 aliphatic rings. The van der Waals surface area contributed by atoms with Gasteiger partial charge in [0.2, 0.25) is 5.91 Å². The van der Waals surface area contributed by atoms with E-state index < -0.39 is 0 Å². The van der Waals surface area contributed by atoms with E-state index in [-0.39, 0.29) is 23.1 Å². The van der Waals surface area contributed by atoms with Gasteiger partial charge in [0.15, 0.2) is 0 Å². The molecular weight excluding hydrogens is 300 g/mol. The average Bonchev–Trinajstić information content (AvgIpc) is 2.56. The summed E-state index contributed by atoms with van der Waals surface area (Å²) in [5.41, 5.74) is -0.700. The minimum Gasteiger partial charge on any atom is -0.383 e. The number of amides is 1. The summed E-state index contributed by atoms with van der Waals surface area (Å²) in [4.78, 5) is 38.1. The molecule has 128 valence electrons. The third-order valence-electron chi connectivity index (χ3n) is 4.22. The Morgan fingerprint density at radius 1 is 1.35 bits per heavy atom. The van der Waals surface area contributed by atoms with Crippen LogP contribution in [0.5, 0.6) is 0 Å². The maximum Gasteiger partial charge on any atom is 0.332 e. The number of hydrogen-bond donors (Lipinski definition) is 1. The fourth-order valence-electron chi connectivity index (χ4n) is 2.84. The minimum atomic E-state index is -0.362. The van der Waals surface area contributed by atoms with Crippen LogP contribution in [-0.2, 0) is 23.6 Å². The van der Waals surface area contributed by atoms with Gasteiger partial charge in [0.1, 0.15) is 5.82 Å². The lowest BCUT2D eigenvalue weighted by molar-refractivity contribution is -0.125. The second kappa shape index (κ2) is 7.45. The summed E-state index contributed by atoms with van der Waals surface area (Å²) in [7, 11) is 4.68. The Morgan fingerprint density at radius 3 is 2.78 bits per heavy atom. The molecule has 1 amide bonds. The van der Waals surface area contributed by atoms with Crippen LogP contribution in [0.15, 0.2) is 15.7 Å². The van der Waals surface area contributed by atoms with Crippen LogP contribution in [0.25, 0.3) is 0 Å². The van der Waals surface area contributed by atoms with Crippen LogP contribution in [0.1, 0.15) is 12.8 Å². The molecule has 0 radical (unpaired) electrons. The van der Waals surface area contributed by atoms with Crippen LogP contribution >= 0.6 is 0 Å². The molecular formula is C15H24N4O4. The summed E-state index contributed by atoms with van der Waals surface area (Å²) in [6.07, 6.45) is 1.64. The predicted molar refractivity (Wildman–Crippen MR) is 86.7 cm³/mol. The van der Waals surface area contributed by atoms with E-state index >= 15 is 0 Å². The Balaban J connectivity index is 2.14. The molecule has 1 atom stereocenters. The fourth-order valence-corrected chi connectivity index (χ4v) is 2.84. The van der Waals surface area contributed by atoms with E-state index in [1.54, 1.807) is 14.2 Å². The molecule has 1 saturated heterocycles. The SMILES string of the molecule is COCCNC(=O)[C@@H]1CCCN(c2cc(=O)n(C)c(=O)n2C)C1. The zero-order valence-corrected chi connectivity index (χ0v) is 13.9. The molecule has 0 aliphatic carbocycles. The normalized spacial score (nSPS) is 18.0. The minimum absolute atomic E-state index is 0.0133. The Bertz CT molecular complexity index is 679. The monoisotopic (exact) mass is 324 g/mol. The average molecular weight is 324 g/mol. The molecule has 23 heavy (non-hydrogen) atoms. The van der Waals surface area contributed by atoms with Crippen molar-refractivity contribution in [3.8, 4) is 0 Å². The van der Waals surface area contributed by atoms with Gasteiger partial charge in [-0.1, -0.05) is 0 Å². The van der Waals surface area contributed by atoms with Crippen molar-refractivity contribution in [2.75, 3.05) is 38.3 Å². The van der Waals surface area contributed by atoms with Gasteiger partial charge in [-0.3, -0.25) is 18.7 Å². The number of ether oxygens (including phenoxy) is 1. The van der Waals surface area contributed by atoms with Crippen molar-refractivity contribution in [2.45, 2.75) is 12.8 Å². The Labute approximate surface area is 134 Å². The maximum atomic E-state index is 12.2. The zero-order valence-electron chi connectivity index (χ0n) is 13.9. The number of nitrogens with zero attached hydrogens (tertiary/aromatic N) is 3. The molecule has 2 rings (SSSR count). The molecule has 0 saturated carbocycles. The highest BCUT2D eigenvalue weighted by Crippen LogP contribution is 2.21. The van der Waals surface area contributed by atoms with Gasteiger partial charge < -0.3 is 15.0 Å². The van der Waals surface area contributed by atoms with E-state index in [1.165, 1.54) is 17.7 Å². The quantitative estimate of drug-likeness (QED) is 0.707. The van der Waals surface area contributed by atoms with Crippen LogP contribution in [0, 0.1) is 5.92 Å². The van der Waals surface area contributed by atoms with E-state index in [0.29, 0.717) is 25.5 Å². The fraction of sp³-hybridized carbons (Fsp3) is 0.667. The second-order valence-electron chi connectivity index (χ2n) is 5.81. The highest BCUT2D eigenvalue weighted by Gasteiger charge is 2.27. The number of aromatic nitrogens is 2. The van der Waals surface area contributed by atoms with Gasteiger partial charge in [-0.15, -0.1) is 0 Å². The predicted octanol–water partition coefficient (Wildman–Crippen LogP) is -0.937. The van der Waals surface area contributed by atoms with E-state index in [0.717, 1.165) is 24.0 Å². The van der Waals surface area contributed by atoms with Crippen molar-refractivity contribution in [1.29, 1.82) is 0 Å². The molecule has 0 bridgehead atoms. The first kappa shape index (κ1) is 17.3. The zero-order chi connectivity index (χ0) is 17.0. The van der Waals surface area contributed by atoms with Gasteiger partial charge in [-0.25, -0.2) is 4.79 Å². The molecule has 1 aromatic rings. The van der Waals surface area contributed by atoms with E-state index in [9.17, 15) is 14.4 Å². The molecule has 8 nitrogen and oxygen atoms in total. The van der Waals surface area contributed by atoms with Crippen molar-refractivity contribution < 1.29 is 9.53 Å². The highest BCUT2D eigenvalue weighted by molar-refractivity contribution is 5.79. The van der Waals surface area contributed by atoms with E-state index in [2.05, 4.69) is 5.32 Å². The van der Waals surface area contributed by atoms with Crippen molar-refractivity contribution in [1.82, 2.24) is 14.5 Å². The van der Waals surface area contributed by atoms with Crippen molar-refractivity contribution in [3.63, 3.8) is 0 Å². The van der Waals surface area contributed by atoms with Gasteiger partial charge >= 0.3 is 5.69 Å². The van der Waals surface area contributed by atoms with Gasteiger partial charge in [0, 0.05) is 46.9 Å². The number of carbonyl (C=O) groups excluding carboxylic acids is 1. The smallest absolute Gasteiger partial charge is 0.332 e. The molecule has 8 heteroatoms. The van der Waals surface area contributed by atoms with E-state index in [1.807, 2.05) is 4.90 Å². The van der Waals surface area contributed by atoms with Crippen LogP contribution < -0.4 is 21.5 Å². The third-order valence-corrected chi connectivity index (χ3v) is 4.22. The molecule has 0 spiro atoms. The molecule has 1 fully saturated rings. The first-order valence-corrected chi connectivity index (χ1v) is 7.74. The Hall–Kier alpha value is -2.09. The summed E-state index contributed by atoms with van der Waals surface area (Å²) in [6, 6.07) is 1.45. The summed E-state index contributed by atoms with van der Waals surface area (Å²) < 4.78 is 7.45. The third kappa shape index (κ3) is 3.82. The highest BCUT2D eigenvalue weighted by atomic mass is 16.5. The standard InChI is InChI=1S/C15H24N4O4/c1-17-12(9-13(20)18(2)15(17)22)19-7-4-5-11(10-19)14(21)16-6-8-23-3/h9,11H,4-8,10H2,1-3H3,(H,16,21)/t11-/m1/s1. The number of carbonyl (C=O) groups is 1. The van der Waals surface area contributed by atoms with Crippen LogP contribution in [0.2, 0.25) is 0 Å². The number of rotatable bonds is 5. The molecule has 2 heterocycles. The van der Waals surface area contributed by atoms with Gasteiger partial charge in [-0.05, 0) is 12.8 Å². The van der Waals surface area contributed by atoms with Crippen molar-refractivity contribution >= 4 is 11.7 Å². The summed E-state index contributed by atoms with van der Waals surface area (Å²) in [5, 5.41) is 2.85. The van der Waals surface area contributed by atoms with Gasteiger partial charge in [-0.2, -0.15) is 0 Å². The van der Waals surface area contributed by atoms with Crippen molar-refractivity contribution in [2.24, 2.45) is 20.0 Å². The van der Waals surface area contributed by atoms with Crippen LogP contribution in [0.3, 0.4) is 0 Å². The lowest BCUT2D eigenvalue weighted by Crippen LogP contribution is -2.47. The lowest BCUT2D eigenvalue weighted by Gasteiger charge is -2.34. The maximum absolute atomic E-state index is 12.2. The molecule has 0 aromatic carbocycles. The van der Waals surface area contributed by atoms with Crippen LogP contribution in [-0.4, -0.2) is 48.4 Å². The topological polar surface area (TPSA) is 85.6 Å². The summed E-state index contributed by atoms with van der Waals surface area (Å²) >= 11 is 0. The lowest BCUT2D eigenvalue weighted by atomic mass is 9.97. The molecule has 1 N–H and O–H groups in total. The molecule has 0 unspecified atom stereocenters. The number of hydrogen-bond acceptors (Lipinski definition) is 5. The van der Waals surface area contributed by atoms with Crippen LogP contribution in [0.4, 0.5) is 5.82 Å². The Kier molecular flexibility index (Phi) is 5.59. The molecule has 1 aliphatic heterocycles. The summed E-state index contributed by atoms with van der Waals surface area (Å²) in [5.74, 6) is 0.396. The number of piperidine rings is 1. The number of anilines is 1. The molecule has 1 aromatic heterocycles. The van der Waals surface area contributed by atoms with Crippen molar-refractivity contribution in [3.05, 3.63) is 26.9 Å².